The second-order valence-electron chi connectivity index (χ2n) is 5.69. The first-order valence-corrected chi connectivity index (χ1v) is 12.2. The smallest absolute Gasteiger partial charge is 0.377 e. The van der Waals surface area contributed by atoms with Gasteiger partial charge in [0, 0.05) is 54.7 Å². The molecule has 0 N–H and O–H groups in total. The van der Waals surface area contributed by atoms with Crippen LogP contribution in [0.1, 0.15) is 12.8 Å². The van der Waals surface area contributed by atoms with Crippen LogP contribution in [0, 0.1) is 0 Å². The third-order valence-corrected chi connectivity index (χ3v) is 10.1. The molecular formula is C15H33N2O6Si2+. The summed E-state index contributed by atoms with van der Waals surface area (Å²) in [6.45, 7) is 1.79. The van der Waals surface area contributed by atoms with Gasteiger partial charge < -0.3 is 26.6 Å². The van der Waals surface area contributed by atoms with Crippen molar-refractivity contribution in [1.82, 2.24) is 4.57 Å². The first-order chi connectivity index (χ1) is 12.0. The van der Waals surface area contributed by atoms with Crippen molar-refractivity contribution in [1.29, 1.82) is 0 Å². The molecule has 0 bridgehead atoms. The van der Waals surface area contributed by atoms with Crippen molar-refractivity contribution in [2.24, 2.45) is 0 Å². The molecule has 0 atom stereocenters. The summed E-state index contributed by atoms with van der Waals surface area (Å²) in [4.78, 5) is 0. The predicted octanol–water partition coefficient (Wildman–Crippen LogP) is 1.31. The minimum absolute atomic E-state index is 0.790. The highest BCUT2D eigenvalue weighted by molar-refractivity contribution is 6.60. The van der Waals surface area contributed by atoms with Crippen LogP contribution in [-0.4, -0.2) is 64.8 Å². The summed E-state index contributed by atoms with van der Waals surface area (Å²) in [5, 5.41) is 0. The summed E-state index contributed by atoms with van der Waals surface area (Å²) in [5.41, 5.74) is 0. The van der Waals surface area contributed by atoms with E-state index in [-0.39, 0.29) is 0 Å². The lowest BCUT2D eigenvalue weighted by Gasteiger charge is -2.23. The zero-order valence-electron chi connectivity index (χ0n) is 16.3. The maximum Gasteiger partial charge on any atom is 0.500 e. The zero-order chi connectivity index (χ0) is 18.8. The van der Waals surface area contributed by atoms with E-state index in [1.54, 1.807) is 42.7 Å². The molecule has 1 rings (SSSR count). The molecule has 10 heteroatoms. The van der Waals surface area contributed by atoms with E-state index in [2.05, 4.69) is 27.9 Å². The highest BCUT2D eigenvalue weighted by Crippen LogP contribution is 2.16. The molecule has 0 amide bonds. The molecule has 0 spiro atoms. The van der Waals surface area contributed by atoms with Crippen LogP contribution in [0.25, 0.3) is 0 Å². The van der Waals surface area contributed by atoms with Crippen LogP contribution >= 0.6 is 0 Å². The molecule has 0 aliphatic rings. The van der Waals surface area contributed by atoms with Gasteiger partial charge >= 0.3 is 17.6 Å². The van der Waals surface area contributed by atoms with Gasteiger partial charge in [0.05, 0.1) is 13.1 Å². The molecule has 146 valence electrons. The third-order valence-electron chi connectivity index (χ3n) is 4.41. The first-order valence-electron chi connectivity index (χ1n) is 8.38. The third kappa shape index (κ3) is 6.57. The van der Waals surface area contributed by atoms with E-state index in [0.29, 0.717) is 0 Å². The number of aryl methyl sites for hydroxylation is 2. The van der Waals surface area contributed by atoms with Crippen LogP contribution in [0.5, 0.6) is 0 Å². The minimum Gasteiger partial charge on any atom is -0.377 e. The van der Waals surface area contributed by atoms with E-state index in [9.17, 15) is 0 Å². The quantitative estimate of drug-likeness (QED) is 0.351. The Kier molecular flexibility index (Phi) is 10.0. The summed E-state index contributed by atoms with van der Waals surface area (Å²) in [6, 6.07) is 1.58. The van der Waals surface area contributed by atoms with E-state index < -0.39 is 17.6 Å². The summed E-state index contributed by atoms with van der Waals surface area (Å²) < 4.78 is 37.0. The highest BCUT2D eigenvalue weighted by atomic mass is 28.4. The van der Waals surface area contributed by atoms with Crippen molar-refractivity contribution in [3.63, 3.8) is 0 Å². The lowest BCUT2D eigenvalue weighted by molar-refractivity contribution is -0.696. The second-order valence-corrected chi connectivity index (χ2v) is 11.9. The Morgan fingerprint density at radius 2 is 1.24 bits per heavy atom. The zero-order valence-corrected chi connectivity index (χ0v) is 18.3. The molecule has 25 heavy (non-hydrogen) atoms. The normalized spacial score (nSPS) is 12.7. The molecule has 0 unspecified atom stereocenters. The van der Waals surface area contributed by atoms with Crippen molar-refractivity contribution < 1.29 is 31.1 Å². The van der Waals surface area contributed by atoms with Gasteiger partial charge in [-0.25, -0.2) is 9.13 Å². The number of aromatic nitrogens is 2. The Labute approximate surface area is 153 Å². The van der Waals surface area contributed by atoms with Crippen LogP contribution < -0.4 is 4.57 Å². The Hall–Kier alpha value is -0.596. The number of imidazole rings is 1. The molecule has 1 aromatic rings. The maximum atomic E-state index is 5.44. The molecule has 0 fully saturated rings. The fourth-order valence-corrected chi connectivity index (χ4v) is 6.18. The lowest BCUT2D eigenvalue weighted by Crippen LogP contribution is -2.43. The van der Waals surface area contributed by atoms with Gasteiger partial charge in [-0.1, -0.05) is 0 Å². The average molecular weight is 394 g/mol. The molecule has 0 aliphatic heterocycles. The van der Waals surface area contributed by atoms with E-state index in [0.717, 1.165) is 38.0 Å². The van der Waals surface area contributed by atoms with Gasteiger partial charge in [0.15, 0.2) is 0 Å². The number of hydrogen-bond donors (Lipinski definition) is 0. The standard InChI is InChI=1S/C15H33N2O6Si2/c1-18-24(19-2,20-3)13-7-9-16-11-12-17(15-16)10-8-14-25(21-4,22-5)23-6/h11-12,15H,7-10,13-14H2,1-6H3/q+1. The van der Waals surface area contributed by atoms with Crippen LogP contribution in [0.3, 0.4) is 0 Å². The molecule has 0 aromatic carbocycles. The Morgan fingerprint density at radius 3 is 1.72 bits per heavy atom. The van der Waals surface area contributed by atoms with E-state index in [1.165, 1.54) is 0 Å². The van der Waals surface area contributed by atoms with Crippen molar-refractivity contribution in [3.05, 3.63) is 18.7 Å². The number of nitrogens with zero attached hydrogens (tertiary/aromatic N) is 2. The van der Waals surface area contributed by atoms with Gasteiger partial charge in [-0.05, 0) is 12.8 Å². The first kappa shape index (κ1) is 22.4. The molecule has 1 heterocycles. The second kappa shape index (κ2) is 11.2. The van der Waals surface area contributed by atoms with Crippen molar-refractivity contribution >= 4 is 17.6 Å². The van der Waals surface area contributed by atoms with Gasteiger partial charge in [-0.2, -0.15) is 0 Å². The molecule has 1 aromatic heterocycles. The van der Waals surface area contributed by atoms with Crippen molar-refractivity contribution in [2.75, 3.05) is 42.7 Å². The van der Waals surface area contributed by atoms with Gasteiger partial charge in [0.1, 0.15) is 12.4 Å². The number of rotatable bonds is 14. The van der Waals surface area contributed by atoms with Crippen LogP contribution in [0.15, 0.2) is 18.7 Å². The average Bonchev–Trinajstić information content (AvgIpc) is 3.11. The Balaban J connectivity index is 2.42. The fraction of sp³-hybridized carbons (Fsp3) is 0.800. The monoisotopic (exact) mass is 393 g/mol. The van der Waals surface area contributed by atoms with Crippen LogP contribution in [0.2, 0.25) is 12.1 Å². The fourth-order valence-electron chi connectivity index (χ4n) is 2.77. The summed E-state index contributed by atoms with van der Waals surface area (Å²) in [5.74, 6) is 0. The largest absolute Gasteiger partial charge is 0.500 e. The summed E-state index contributed by atoms with van der Waals surface area (Å²) in [6.07, 6.45) is 8.12. The molecular weight excluding hydrogens is 360 g/mol. The number of hydrogen-bond acceptors (Lipinski definition) is 6. The molecule has 0 radical (unpaired) electrons. The maximum absolute atomic E-state index is 5.44. The van der Waals surface area contributed by atoms with Crippen molar-refractivity contribution in [2.45, 2.75) is 38.0 Å². The highest BCUT2D eigenvalue weighted by Gasteiger charge is 2.38. The van der Waals surface area contributed by atoms with Crippen LogP contribution in [0.4, 0.5) is 0 Å². The van der Waals surface area contributed by atoms with Crippen molar-refractivity contribution in [3.8, 4) is 0 Å². The molecule has 0 aliphatic carbocycles. The predicted molar refractivity (Wildman–Crippen MR) is 97.0 cm³/mol. The topological polar surface area (TPSA) is 64.2 Å². The SMILES string of the molecule is CO[Si](CCCn1cc[n+](CCC[Si](OC)(OC)OC)c1)(OC)OC. The summed E-state index contributed by atoms with van der Waals surface area (Å²) in [7, 11) is 4.92. The molecule has 0 saturated carbocycles. The van der Waals surface area contributed by atoms with E-state index in [4.69, 9.17) is 26.6 Å². The Bertz CT molecular complexity index is 423. The molecule has 0 saturated heterocycles. The van der Waals surface area contributed by atoms with Gasteiger partial charge in [0.25, 0.3) is 0 Å². The summed E-state index contributed by atoms with van der Waals surface area (Å²) >= 11 is 0. The van der Waals surface area contributed by atoms with Gasteiger partial charge in [-0.15, -0.1) is 0 Å². The van der Waals surface area contributed by atoms with Gasteiger partial charge in [0.2, 0.25) is 6.33 Å². The lowest BCUT2D eigenvalue weighted by atomic mass is 10.5. The minimum atomic E-state index is -2.48. The van der Waals surface area contributed by atoms with E-state index >= 15 is 0 Å². The van der Waals surface area contributed by atoms with Crippen LogP contribution in [-0.2, 0) is 39.6 Å². The van der Waals surface area contributed by atoms with E-state index in [1.807, 2.05) is 0 Å². The molecule has 8 nitrogen and oxygen atoms in total. The Morgan fingerprint density at radius 1 is 0.760 bits per heavy atom. The van der Waals surface area contributed by atoms with Gasteiger partial charge in [-0.3, -0.25) is 0 Å².